The molecule has 0 N–H and O–H groups in total. The Bertz CT molecular complexity index is 391. The molecule has 0 fully saturated rings. The molecule has 0 rings (SSSR count). The normalized spacial score (nSPS) is 18.4. The molecule has 0 aliphatic heterocycles. The zero-order valence-corrected chi connectivity index (χ0v) is 19.0. The van der Waals surface area contributed by atoms with Crippen molar-refractivity contribution in [1.82, 2.24) is 0 Å². The SMILES string of the molecule is CCC(C)OC(OC(C)CC)C(=O)C(CC)(OC(C)CC)C(=O)[O-].[Zr]. The van der Waals surface area contributed by atoms with Crippen LogP contribution in [0.4, 0.5) is 0 Å². The van der Waals surface area contributed by atoms with Gasteiger partial charge in [-0.15, -0.1) is 0 Å². The van der Waals surface area contributed by atoms with Crippen LogP contribution in [-0.2, 0) is 50.0 Å². The molecule has 0 spiro atoms. The number of carboxylic acid groups (broad SMARTS) is 1. The fraction of sp³-hybridized carbons (Fsp3) is 0.889. The second-order valence-electron chi connectivity index (χ2n) is 6.21. The van der Waals surface area contributed by atoms with Gasteiger partial charge in [-0.2, -0.15) is 0 Å². The van der Waals surface area contributed by atoms with Crippen molar-refractivity contribution < 1.29 is 55.1 Å². The topological polar surface area (TPSA) is 84.9 Å². The van der Waals surface area contributed by atoms with Crippen molar-refractivity contribution >= 4 is 11.8 Å². The Balaban J connectivity index is 0. The van der Waals surface area contributed by atoms with Gasteiger partial charge in [0.2, 0.25) is 12.1 Å². The van der Waals surface area contributed by atoms with Crippen LogP contribution in [0.15, 0.2) is 0 Å². The summed E-state index contributed by atoms with van der Waals surface area (Å²) < 4.78 is 16.9. The van der Waals surface area contributed by atoms with Crippen LogP contribution in [0.25, 0.3) is 0 Å². The van der Waals surface area contributed by atoms with E-state index in [9.17, 15) is 14.7 Å². The second-order valence-corrected chi connectivity index (χ2v) is 6.21. The third kappa shape index (κ3) is 7.98. The van der Waals surface area contributed by atoms with E-state index in [1.807, 2.05) is 34.6 Å². The van der Waals surface area contributed by atoms with Crippen LogP contribution >= 0.6 is 0 Å². The maximum Gasteiger partial charge on any atom is 0.226 e. The van der Waals surface area contributed by atoms with Crippen LogP contribution in [0, 0.1) is 0 Å². The van der Waals surface area contributed by atoms with Crippen molar-refractivity contribution in [2.75, 3.05) is 0 Å². The van der Waals surface area contributed by atoms with E-state index in [1.54, 1.807) is 13.8 Å². The number of ether oxygens (including phenoxy) is 3. The molecule has 0 heterocycles. The molecule has 0 saturated carbocycles. The van der Waals surface area contributed by atoms with Crippen LogP contribution in [0.5, 0.6) is 0 Å². The Morgan fingerprint density at radius 3 is 1.56 bits per heavy atom. The predicted molar refractivity (Wildman–Crippen MR) is 89.3 cm³/mol. The minimum Gasteiger partial charge on any atom is -0.546 e. The minimum absolute atomic E-state index is 0. The number of carboxylic acids is 1. The molecule has 0 aromatic carbocycles. The largest absolute Gasteiger partial charge is 0.546 e. The molecule has 0 amide bonds. The molecule has 4 unspecified atom stereocenters. The Kier molecular flexibility index (Phi) is 14.2. The first-order chi connectivity index (χ1) is 11.2. The third-order valence-electron chi connectivity index (χ3n) is 4.28. The number of ketones is 1. The molecule has 146 valence electrons. The third-order valence-corrected chi connectivity index (χ3v) is 4.28. The van der Waals surface area contributed by atoms with Gasteiger partial charge in [0.15, 0.2) is 5.60 Å². The molecular formula is C18H33O6Zr-. The van der Waals surface area contributed by atoms with Gasteiger partial charge < -0.3 is 24.1 Å². The van der Waals surface area contributed by atoms with E-state index >= 15 is 0 Å². The van der Waals surface area contributed by atoms with Gasteiger partial charge >= 0.3 is 0 Å². The summed E-state index contributed by atoms with van der Waals surface area (Å²) in [6.07, 6.45) is -0.328. The molecule has 7 heteroatoms. The van der Waals surface area contributed by atoms with Crippen molar-refractivity contribution in [3.63, 3.8) is 0 Å². The first-order valence-electron chi connectivity index (χ1n) is 8.92. The van der Waals surface area contributed by atoms with Crippen molar-refractivity contribution in [3.05, 3.63) is 0 Å². The van der Waals surface area contributed by atoms with E-state index in [4.69, 9.17) is 14.2 Å². The zero-order chi connectivity index (χ0) is 18.9. The van der Waals surface area contributed by atoms with E-state index in [0.717, 1.165) is 0 Å². The number of aliphatic carboxylic acids is 1. The molecule has 0 aliphatic carbocycles. The molecule has 0 aliphatic rings. The number of carbonyl (C=O) groups is 2. The number of rotatable bonds is 13. The van der Waals surface area contributed by atoms with Crippen LogP contribution in [-0.4, -0.2) is 42.0 Å². The van der Waals surface area contributed by atoms with Crippen LogP contribution in [0.1, 0.15) is 74.1 Å². The quantitative estimate of drug-likeness (QED) is 0.325. The smallest absolute Gasteiger partial charge is 0.226 e. The van der Waals surface area contributed by atoms with Crippen molar-refractivity contribution in [1.29, 1.82) is 0 Å². The van der Waals surface area contributed by atoms with E-state index in [0.29, 0.717) is 19.3 Å². The summed E-state index contributed by atoms with van der Waals surface area (Å²) >= 11 is 0. The van der Waals surface area contributed by atoms with Crippen molar-refractivity contribution in [2.24, 2.45) is 0 Å². The van der Waals surface area contributed by atoms with Gasteiger partial charge in [-0.1, -0.05) is 27.7 Å². The van der Waals surface area contributed by atoms with Gasteiger partial charge in [0, 0.05) is 26.2 Å². The molecule has 0 radical (unpaired) electrons. The summed E-state index contributed by atoms with van der Waals surface area (Å²) in [4.78, 5) is 24.8. The van der Waals surface area contributed by atoms with E-state index in [-0.39, 0.29) is 44.8 Å². The molecule has 4 atom stereocenters. The average molecular weight is 437 g/mol. The fourth-order valence-corrected chi connectivity index (χ4v) is 2.00. The summed E-state index contributed by atoms with van der Waals surface area (Å²) in [5.74, 6) is -2.30. The summed E-state index contributed by atoms with van der Waals surface area (Å²) in [7, 11) is 0. The van der Waals surface area contributed by atoms with E-state index < -0.39 is 29.7 Å². The number of hydrogen-bond acceptors (Lipinski definition) is 6. The van der Waals surface area contributed by atoms with Gasteiger partial charge in [-0.25, -0.2) is 0 Å². The Labute approximate surface area is 171 Å². The van der Waals surface area contributed by atoms with Gasteiger partial charge in [-0.3, -0.25) is 4.79 Å². The van der Waals surface area contributed by atoms with Gasteiger partial charge in [0.25, 0.3) is 0 Å². The summed E-state index contributed by atoms with van der Waals surface area (Å²) in [5.41, 5.74) is -2.07. The molecular weight excluding hydrogens is 403 g/mol. The maximum absolute atomic E-state index is 13.0. The first kappa shape index (κ1) is 27.1. The number of Topliss-reactive ketones (excluding diaryl/α,β-unsaturated/α-hetero) is 1. The van der Waals surface area contributed by atoms with Crippen molar-refractivity contribution in [2.45, 2.75) is 104 Å². The fourth-order valence-electron chi connectivity index (χ4n) is 2.00. The monoisotopic (exact) mass is 435 g/mol. The van der Waals surface area contributed by atoms with Gasteiger partial charge in [0.05, 0.1) is 24.3 Å². The Hall–Kier alpha value is -0.0969. The van der Waals surface area contributed by atoms with Crippen LogP contribution in [0.3, 0.4) is 0 Å². The van der Waals surface area contributed by atoms with Crippen molar-refractivity contribution in [3.8, 4) is 0 Å². The molecule has 0 aromatic rings. The zero-order valence-electron chi connectivity index (χ0n) is 16.6. The molecule has 6 nitrogen and oxygen atoms in total. The summed E-state index contributed by atoms with van der Waals surface area (Å²) in [6, 6.07) is 0. The summed E-state index contributed by atoms with van der Waals surface area (Å²) in [6.45, 7) is 12.6. The van der Waals surface area contributed by atoms with Gasteiger partial charge in [0.1, 0.15) is 0 Å². The number of carbonyl (C=O) groups excluding carboxylic acids is 2. The molecule has 0 saturated heterocycles. The minimum atomic E-state index is -2.07. The predicted octanol–water partition coefficient (Wildman–Crippen LogP) is 2.22. The average Bonchev–Trinajstić information content (AvgIpc) is 2.57. The number of hydrogen-bond donors (Lipinski definition) is 0. The molecule has 25 heavy (non-hydrogen) atoms. The standard InChI is InChI=1S/C18H34O6.Zr/c1-8-12(5)22-16(23-13(6)9-2)15(19)18(11-4,17(20)21)24-14(7)10-3;/h12-14,16H,8-11H2,1-7H3,(H,20,21);/p-1. The van der Waals surface area contributed by atoms with Gasteiger partial charge in [-0.05, 0) is 46.5 Å². The second kappa shape index (κ2) is 13.1. The summed E-state index contributed by atoms with van der Waals surface area (Å²) in [5, 5.41) is 11.8. The Morgan fingerprint density at radius 2 is 1.28 bits per heavy atom. The maximum atomic E-state index is 13.0. The van der Waals surface area contributed by atoms with E-state index in [1.165, 1.54) is 0 Å². The molecule has 0 aromatic heterocycles. The van der Waals surface area contributed by atoms with E-state index in [2.05, 4.69) is 0 Å². The van der Waals surface area contributed by atoms with Crippen LogP contribution in [0.2, 0.25) is 0 Å². The Morgan fingerprint density at radius 1 is 0.880 bits per heavy atom. The molecule has 0 bridgehead atoms. The van der Waals surface area contributed by atoms with Crippen LogP contribution < -0.4 is 5.11 Å². The first-order valence-corrected chi connectivity index (χ1v) is 8.92.